The molecule has 5 nitrogen and oxygen atoms in total. The van der Waals surface area contributed by atoms with E-state index in [0.717, 1.165) is 0 Å². The van der Waals surface area contributed by atoms with Gasteiger partial charge in [-0.15, -0.1) is 0 Å². The van der Waals surface area contributed by atoms with Crippen LogP contribution in [-0.2, 0) is 9.59 Å². The van der Waals surface area contributed by atoms with Gasteiger partial charge in [0.1, 0.15) is 18.3 Å². The van der Waals surface area contributed by atoms with Crippen LogP contribution >= 0.6 is 0 Å². The van der Waals surface area contributed by atoms with E-state index in [-0.39, 0.29) is 12.5 Å². The molecule has 0 heterocycles. The highest BCUT2D eigenvalue weighted by Crippen LogP contribution is 2.13. The molecule has 0 fully saturated rings. The molecule has 0 aliphatic rings. The number of carbonyl (C=O) groups is 2. The number of para-hydroxylation sites is 1. The van der Waals surface area contributed by atoms with E-state index >= 15 is 0 Å². The number of ether oxygens (including phenoxy) is 1. The highest BCUT2D eigenvalue weighted by molar-refractivity contribution is 5.88. The molecule has 1 atom stereocenters. The summed E-state index contributed by atoms with van der Waals surface area (Å²) < 4.78 is 41.6. The molecule has 0 aliphatic carbocycles. The van der Waals surface area contributed by atoms with Gasteiger partial charge in [0.15, 0.2) is 6.61 Å². The van der Waals surface area contributed by atoms with Gasteiger partial charge < -0.3 is 15.4 Å². The van der Waals surface area contributed by atoms with Crippen molar-refractivity contribution in [1.82, 2.24) is 10.6 Å². The Bertz CT molecular complexity index is 518. The number of nitrogens with one attached hydrogen (secondary N) is 2. The third-order valence-corrected chi connectivity index (χ3v) is 2.84. The monoisotopic (exact) mass is 332 g/mol. The molecule has 0 bridgehead atoms. The summed E-state index contributed by atoms with van der Waals surface area (Å²) in [7, 11) is 0. The number of hydrogen-bond acceptors (Lipinski definition) is 3. The third kappa shape index (κ3) is 7.53. The Labute approximate surface area is 132 Å². The fraction of sp³-hybridized carbons (Fsp3) is 0.467. The molecule has 1 rings (SSSR count). The summed E-state index contributed by atoms with van der Waals surface area (Å²) in [4.78, 5) is 23.6. The number of benzene rings is 1. The van der Waals surface area contributed by atoms with Crippen LogP contribution in [0.15, 0.2) is 30.3 Å². The smallest absolute Gasteiger partial charge is 0.405 e. The summed E-state index contributed by atoms with van der Waals surface area (Å²) >= 11 is 0. The van der Waals surface area contributed by atoms with E-state index in [2.05, 4.69) is 5.32 Å². The van der Waals surface area contributed by atoms with Gasteiger partial charge in [-0.05, 0) is 18.1 Å². The Balaban J connectivity index is 2.51. The number of hydrogen-bond donors (Lipinski definition) is 2. The second kappa shape index (κ2) is 8.40. The molecule has 0 aromatic heterocycles. The molecule has 1 aromatic rings. The molecule has 0 spiro atoms. The van der Waals surface area contributed by atoms with Crippen LogP contribution in [0.25, 0.3) is 0 Å². The van der Waals surface area contributed by atoms with Crippen LogP contribution in [0.5, 0.6) is 5.75 Å². The first-order chi connectivity index (χ1) is 10.7. The van der Waals surface area contributed by atoms with Crippen molar-refractivity contribution in [3.63, 3.8) is 0 Å². The van der Waals surface area contributed by atoms with E-state index in [0.29, 0.717) is 5.75 Å². The van der Waals surface area contributed by atoms with E-state index in [1.54, 1.807) is 49.5 Å². The first kappa shape index (κ1) is 18.8. The van der Waals surface area contributed by atoms with Crippen LogP contribution in [0.4, 0.5) is 13.2 Å². The quantitative estimate of drug-likeness (QED) is 0.801. The van der Waals surface area contributed by atoms with Gasteiger partial charge in [0, 0.05) is 0 Å². The van der Waals surface area contributed by atoms with Crippen molar-refractivity contribution in [3.05, 3.63) is 30.3 Å². The summed E-state index contributed by atoms with van der Waals surface area (Å²) in [5.74, 6) is -1.37. The molecule has 0 saturated heterocycles. The Morgan fingerprint density at radius 2 is 1.78 bits per heavy atom. The molecule has 23 heavy (non-hydrogen) atoms. The predicted molar refractivity (Wildman–Crippen MR) is 77.8 cm³/mol. The van der Waals surface area contributed by atoms with Gasteiger partial charge in [-0.1, -0.05) is 32.0 Å². The van der Waals surface area contributed by atoms with Crippen molar-refractivity contribution in [2.24, 2.45) is 5.92 Å². The SMILES string of the molecule is CC(C)C(NC(=O)COc1ccccc1)C(=O)NCC(F)(F)F. The van der Waals surface area contributed by atoms with Crippen molar-refractivity contribution in [3.8, 4) is 5.75 Å². The number of rotatable bonds is 7. The first-order valence-electron chi connectivity index (χ1n) is 7.00. The zero-order valence-corrected chi connectivity index (χ0v) is 12.8. The topological polar surface area (TPSA) is 67.4 Å². The van der Waals surface area contributed by atoms with Gasteiger partial charge in [0.2, 0.25) is 5.91 Å². The average Bonchev–Trinajstić information content (AvgIpc) is 2.48. The fourth-order valence-corrected chi connectivity index (χ4v) is 1.71. The lowest BCUT2D eigenvalue weighted by atomic mass is 10.0. The van der Waals surface area contributed by atoms with Gasteiger partial charge in [-0.2, -0.15) is 13.2 Å². The summed E-state index contributed by atoms with van der Waals surface area (Å²) in [5, 5.41) is 4.14. The van der Waals surface area contributed by atoms with Crippen molar-refractivity contribution in [2.75, 3.05) is 13.2 Å². The van der Waals surface area contributed by atoms with Crippen LogP contribution in [0.2, 0.25) is 0 Å². The van der Waals surface area contributed by atoms with Gasteiger partial charge in [-0.3, -0.25) is 9.59 Å². The minimum Gasteiger partial charge on any atom is -0.484 e. The molecule has 2 N–H and O–H groups in total. The Morgan fingerprint density at radius 1 is 1.17 bits per heavy atom. The second-order valence-electron chi connectivity index (χ2n) is 5.22. The Hall–Kier alpha value is -2.25. The van der Waals surface area contributed by atoms with E-state index in [1.165, 1.54) is 0 Å². The van der Waals surface area contributed by atoms with Crippen LogP contribution in [0.1, 0.15) is 13.8 Å². The van der Waals surface area contributed by atoms with Crippen LogP contribution in [0, 0.1) is 5.92 Å². The Kier molecular flexibility index (Phi) is 6.87. The molecule has 8 heteroatoms. The van der Waals surface area contributed by atoms with Gasteiger partial charge in [-0.25, -0.2) is 0 Å². The Morgan fingerprint density at radius 3 is 2.30 bits per heavy atom. The van der Waals surface area contributed by atoms with Crippen LogP contribution < -0.4 is 15.4 Å². The van der Waals surface area contributed by atoms with Crippen LogP contribution in [0.3, 0.4) is 0 Å². The predicted octanol–water partition coefficient (Wildman–Crippen LogP) is 1.88. The van der Waals surface area contributed by atoms with Gasteiger partial charge in [0.25, 0.3) is 5.91 Å². The molecule has 128 valence electrons. The zero-order valence-electron chi connectivity index (χ0n) is 12.8. The molecule has 1 unspecified atom stereocenters. The number of halogens is 3. The normalized spacial score (nSPS) is 12.6. The van der Waals surface area contributed by atoms with Gasteiger partial charge >= 0.3 is 6.18 Å². The number of carbonyl (C=O) groups excluding carboxylic acids is 2. The largest absolute Gasteiger partial charge is 0.484 e. The molecular formula is C15H19F3N2O3. The minimum absolute atomic E-state index is 0.334. The van der Waals surface area contributed by atoms with Crippen LogP contribution in [-0.4, -0.2) is 37.2 Å². The van der Waals surface area contributed by atoms with E-state index in [4.69, 9.17) is 4.74 Å². The van der Waals surface area contributed by atoms with Crippen molar-refractivity contribution >= 4 is 11.8 Å². The summed E-state index contributed by atoms with van der Waals surface area (Å²) in [6, 6.07) is 7.49. The van der Waals surface area contributed by atoms with E-state index < -0.39 is 30.6 Å². The number of amides is 2. The maximum Gasteiger partial charge on any atom is 0.405 e. The van der Waals surface area contributed by atoms with E-state index in [9.17, 15) is 22.8 Å². The second-order valence-corrected chi connectivity index (χ2v) is 5.22. The summed E-state index contributed by atoms with van der Waals surface area (Å²) in [6.45, 7) is 1.47. The lowest BCUT2D eigenvalue weighted by molar-refractivity contribution is -0.141. The van der Waals surface area contributed by atoms with E-state index in [1.807, 2.05) is 0 Å². The average molecular weight is 332 g/mol. The highest BCUT2D eigenvalue weighted by Gasteiger charge is 2.31. The molecular weight excluding hydrogens is 313 g/mol. The highest BCUT2D eigenvalue weighted by atomic mass is 19.4. The van der Waals surface area contributed by atoms with Gasteiger partial charge in [0.05, 0.1) is 0 Å². The lowest BCUT2D eigenvalue weighted by Gasteiger charge is -2.22. The minimum atomic E-state index is -4.50. The maximum atomic E-state index is 12.1. The first-order valence-corrected chi connectivity index (χ1v) is 7.00. The van der Waals surface area contributed by atoms with Crippen molar-refractivity contribution in [2.45, 2.75) is 26.1 Å². The maximum absolute atomic E-state index is 12.1. The number of alkyl halides is 3. The van der Waals surface area contributed by atoms with Crippen molar-refractivity contribution < 1.29 is 27.5 Å². The zero-order chi connectivity index (χ0) is 17.5. The summed E-state index contributed by atoms with van der Waals surface area (Å²) in [5.41, 5.74) is 0. The fourth-order valence-electron chi connectivity index (χ4n) is 1.71. The standard InChI is InChI=1S/C15H19F3N2O3/c1-10(2)13(14(22)19-9-15(16,17)18)20-12(21)8-23-11-6-4-3-5-7-11/h3-7,10,13H,8-9H2,1-2H3,(H,19,22)(H,20,21). The third-order valence-electron chi connectivity index (χ3n) is 2.84. The molecule has 1 aromatic carbocycles. The molecule has 0 radical (unpaired) electrons. The lowest BCUT2D eigenvalue weighted by Crippen LogP contribution is -2.52. The summed E-state index contributed by atoms with van der Waals surface area (Å²) in [6.07, 6.45) is -4.50. The molecule has 0 saturated carbocycles. The van der Waals surface area contributed by atoms with Crippen molar-refractivity contribution in [1.29, 1.82) is 0 Å². The molecule has 2 amide bonds. The molecule has 0 aliphatic heterocycles.